The Labute approximate surface area is 76.5 Å². The van der Waals surface area contributed by atoms with Gasteiger partial charge >= 0.3 is 0 Å². The van der Waals surface area contributed by atoms with Crippen molar-refractivity contribution < 1.29 is 4.52 Å². The van der Waals surface area contributed by atoms with Crippen LogP contribution in [0.5, 0.6) is 0 Å². The van der Waals surface area contributed by atoms with Gasteiger partial charge < -0.3 is 10.3 Å². The van der Waals surface area contributed by atoms with E-state index in [9.17, 15) is 0 Å². The molecule has 0 unspecified atom stereocenters. The molecule has 2 N–H and O–H groups in total. The fraction of sp³-hybridized carbons (Fsp3) is 0.778. The van der Waals surface area contributed by atoms with Crippen molar-refractivity contribution >= 4 is 0 Å². The summed E-state index contributed by atoms with van der Waals surface area (Å²) in [5.41, 5.74) is 5.81. The van der Waals surface area contributed by atoms with Crippen molar-refractivity contribution in [1.82, 2.24) is 10.1 Å². The number of rotatable bonds is 2. The first-order valence-electron chi connectivity index (χ1n) is 4.91. The zero-order chi connectivity index (χ0) is 8.89. The molecule has 3 rings (SSSR count). The third-order valence-corrected chi connectivity index (χ3v) is 3.06. The SMILES string of the molecule is NC1(c2noc(C3CC3)n2)CCC1. The second-order valence-electron chi connectivity index (χ2n) is 4.24. The van der Waals surface area contributed by atoms with Crippen molar-refractivity contribution in [1.29, 1.82) is 0 Å². The van der Waals surface area contributed by atoms with Crippen LogP contribution < -0.4 is 5.73 Å². The molecular formula is C9H13N3O. The summed E-state index contributed by atoms with van der Waals surface area (Å²) in [6, 6.07) is 0. The van der Waals surface area contributed by atoms with E-state index in [0.29, 0.717) is 5.92 Å². The first kappa shape index (κ1) is 7.50. The van der Waals surface area contributed by atoms with Crippen LogP contribution in [0.4, 0.5) is 0 Å². The maximum absolute atomic E-state index is 6.07. The summed E-state index contributed by atoms with van der Waals surface area (Å²) >= 11 is 0. The average Bonchev–Trinajstić information content (AvgIpc) is 2.80. The van der Waals surface area contributed by atoms with Gasteiger partial charge in [0.1, 0.15) is 0 Å². The number of nitrogens with zero attached hydrogens (tertiary/aromatic N) is 2. The van der Waals surface area contributed by atoms with Crippen LogP contribution in [0.2, 0.25) is 0 Å². The molecule has 13 heavy (non-hydrogen) atoms. The summed E-state index contributed by atoms with van der Waals surface area (Å²) < 4.78 is 5.17. The van der Waals surface area contributed by atoms with Gasteiger partial charge in [-0.05, 0) is 32.1 Å². The maximum Gasteiger partial charge on any atom is 0.229 e. The van der Waals surface area contributed by atoms with Crippen molar-refractivity contribution in [3.05, 3.63) is 11.7 Å². The predicted molar refractivity (Wildman–Crippen MR) is 46.0 cm³/mol. The highest BCUT2D eigenvalue weighted by atomic mass is 16.5. The molecule has 0 saturated heterocycles. The van der Waals surface area contributed by atoms with Gasteiger partial charge in [0.05, 0.1) is 5.54 Å². The van der Waals surface area contributed by atoms with Crippen molar-refractivity contribution in [2.45, 2.75) is 43.6 Å². The zero-order valence-electron chi connectivity index (χ0n) is 7.49. The molecule has 2 aliphatic carbocycles. The van der Waals surface area contributed by atoms with Crippen molar-refractivity contribution in [3.8, 4) is 0 Å². The molecule has 70 valence electrons. The molecule has 0 bridgehead atoms. The predicted octanol–water partition coefficient (Wildman–Crippen LogP) is 1.28. The van der Waals surface area contributed by atoms with Crippen LogP contribution in [-0.4, -0.2) is 10.1 Å². The highest BCUT2D eigenvalue weighted by Crippen LogP contribution is 2.41. The van der Waals surface area contributed by atoms with Gasteiger partial charge in [-0.15, -0.1) is 0 Å². The lowest BCUT2D eigenvalue weighted by molar-refractivity contribution is 0.229. The van der Waals surface area contributed by atoms with E-state index in [4.69, 9.17) is 10.3 Å². The zero-order valence-corrected chi connectivity index (χ0v) is 7.49. The Bertz CT molecular complexity index is 325. The summed E-state index contributed by atoms with van der Waals surface area (Å²) in [4.78, 5) is 4.36. The molecule has 0 aromatic carbocycles. The van der Waals surface area contributed by atoms with Gasteiger partial charge in [0, 0.05) is 5.92 Å². The van der Waals surface area contributed by atoms with Crippen LogP contribution in [0.25, 0.3) is 0 Å². The minimum atomic E-state index is -0.267. The lowest BCUT2D eigenvalue weighted by Crippen LogP contribution is -2.44. The normalized spacial score (nSPS) is 25.6. The average molecular weight is 179 g/mol. The van der Waals surface area contributed by atoms with E-state index in [1.807, 2.05) is 0 Å². The second kappa shape index (κ2) is 2.32. The molecule has 0 atom stereocenters. The lowest BCUT2D eigenvalue weighted by atomic mass is 9.77. The topological polar surface area (TPSA) is 64.9 Å². The monoisotopic (exact) mass is 179 g/mol. The summed E-state index contributed by atoms with van der Waals surface area (Å²) in [5, 5.41) is 3.96. The molecule has 0 spiro atoms. The van der Waals surface area contributed by atoms with E-state index in [2.05, 4.69) is 10.1 Å². The molecular weight excluding hydrogens is 166 g/mol. The smallest absolute Gasteiger partial charge is 0.229 e. The second-order valence-corrected chi connectivity index (χ2v) is 4.24. The molecule has 0 radical (unpaired) electrons. The third kappa shape index (κ3) is 1.09. The fourth-order valence-corrected chi connectivity index (χ4v) is 1.71. The minimum Gasteiger partial charge on any atom is -0.339 e. The summed E-state index contributed by atoms with van der Waals surface area (Å²) in [7, 11) is 0. The van der Waals surface area contributed by atoms with Gasteiger partial charge in [0.2, 0.25) is 5.89 Å². The van der Waals surface area contributed by atoms with Crippen LogP contribution in [0.1, 0.15) is 49.7 Å². The number of aromatic nitrogens is 2. The summed E-state index contributed by atoms with van der Waals surface area (Å²) in [5.74, 6) is 2.05. The number of hydrogen-bond acceptors (Lipinski definition) is 4. The fourth-order valence-electron chi connectivity index (χ4n) is 1.71. The Kier molecular flexibility index (Phi) is 1.34. The van der Waals surface area contributed by atoms with Gasteiger partial charge in [0.15, 0.2) is 5.82 Å². The van der Waals surface area contributed by atoms with Crippen LogP contribution >= 0.6 is 0 Å². The van der Waals surface area contributed by atoms with Crippen LogP contribution in [0, 0.1) is 0 Å². The molecule has 0 amide bonds. The standard InChI is InChI=1S/C9H13N3O/c10-9(4-1-5-9)8-11-7(13-12-8)6-2-3-6/h6H,1-5,10H2. The van der Waals surface area contributed by atoms with Crippen LogP contribution in [0.15, 0.2) is 4.52 Å². The Morgan fingerprint density at radius 1 is 1.38 bits per heavy atom. The third-order valence-electron chi connectivity index (χ3n) is 3.06. The van der Waals surface area contributed by atoms with Gasteiger partial charge in [-0.25, -0.2) is 0 Å². The van der Waals surface area contributed by atoms with E-state index >= 15 is 0 Å². The molecule has 4 nitrogen and oxygen atoms in total. The first-order chi connectivity index (χ1) is 6.28. The van der Waals surface area contributed by atoms with Gasteiger partial charge in [0.25, 0.3) is 0 Å². The van der Waals surface area contributed by atoms with E-state index in [1.165, 1.54) is 19.3 Å². The molecule has 1 heterocycles. The van der Waals surface area contributed by atoms with Crippen molar-refractivity contribution in [2.75, 3.05) is 0 Å². The first-order valence-corrected chi connectivity index (χ1v) is 4.91. The van der Waals surface area contributed by atoms with Crippen LogP contribution in [0.3, 0.4) is 0 Å². The highest BCUT2D eigenvalue weighted by Gasteiger charge is 2.40. The van der Waals surface area contributed by atoms with Crippen molar-refractivity contribution in [2.24, 2.45) is 5.73 Å². The van der Waals surface area contributed by atoms with E-state index in [1.54, 1.807) is 0 Å². The Morgan fingerprint density at radius 3 is 2.69 bits per heavy atom. The lowest BCUT2D eigenvalue weighted by Gasteiger charge is -2.34. The van der Waals surface area contributed by atoms with E-state index in [-0.39, 0.29) is 5.54 Å². The quantitative estimate of drug-likeness (QED) is 0.742. The Hall–Kier alpha value is -0.900. The molecule has 2 aliphatic rings. The molecule has 1 aromatic rings. The van der Waals surface area contributed by atoms with Gasteiger partial charge in [-0.2, -0.15) is 4.98 Å². The Balaban J connectivity index is 1.87. The molecule has 1 aromatic heterocycles. The summed E-state index contributed by atoms with van der Waals surface area (Å²) in [6.07, 6.45) is 5.56. The maximum atomic E-state index is 6.07. The largest absolute Gasteiger partial charge is 0.339 e. The van der Waals surface area contributed by atoms with Gasteiger partial charge in [-0.3, -0.25) is 0 Å². The minimum absolute atomic E-state index is 0.267. The molecule has 0 aliphatic heterocycles. The molecule has 4 heteroatoms. The molecule has 2 fully saturated rings. The van der Waals surface area contributed by atoms with E-state index in [0.717, 1.165) is 24.6 Å². The van der Waals surface area contributed by atoms with Gasteiger partial charge in [-0.1, -0.05) is 5.16 Å². The highest BCUT2D eigenvalue weighted by molar-refractivity contribution is 5.11. The summed E-state index contributed by atoms with van der Waals surface area (Å²) in [6.45, 7) is 0. The van der Waals surface area contributed by atoms with Crippen LogP contribution in [-0.2, 0) is 5.54 Å². The Morgan fingerprint density at radius 2 is 2.15 bits per heavy atom. The number of hydrogen-bond donors (Lipinski definition) is 1. The van der Waals surface area contributed by atoms with E-state index < -0.39 is 0 Å². The number of nitrogens with two attached hydrogens (primary N) is 1. The molecule has 2 saturated carbocycles. The van der Waals surface area contributed by atoms with Crippen molar-refractivity contribution in [3.63, 3.8) is 0 Å².